The average Bonchev–Trinajstić information content (AvgIpc) is 2.70. The number of hydrogen-bond donors (Lipinski definition) is 4. The van der Waals surface area contributed by atoms with Crippen LogP contribution in [0.4, 0.5) is 5.69 Å². The Balaban J connectivity index is 2.24. The lowest BCUT2D eigenvalue weighted by Gasteiger charge is -2.08. The molecule has 0 aromatic heterocycles. The summed E-state index contributed by atoms with van der Waals surface area (Å²) in [7, 11) is 1.75. The second-order valence-electron chi connectivity index (χ2n) is 6.94. The molecule has 0 spiro atoms. The molecule has 1 aromatic carbocycles. The number of carbonyl (C=O) groups is 4. The summed E-state index contributed by atoms with van der Waals surface area (Å²) in [6, 6.07) is 6.92. The maximum atomic E-state index is 12.0. The highest BCUT2D eigenvalue weighted by Gasteiger charge is 2.09. The van der Waals surface area contributed by atoms with Gasteiger partial charge in [0.2, 0.25) is 17.7 Å². The summed E-state index contributed by atoms with van der Waals surface area (Å²) in [5.41, 5.74) is 2.18. The van der Waals surface area contributed by atoms with E-state index in [1.165, 1.54) is 6.92 Å². The molecule has 0 aliphatic rings. The molecular weight excluding hydrogens is 400 g/mol. The van der Waals surface area contributed by atoms with Gasteiger partial charge in [-0.2, -0.15) is 0 Å². The van der Waals surface area contributed by atoms with Gasteiger partial charge in [-0.3, -0.25) is 19.2 Å². The second kappa shape index (κ2) is 14.7. The van der Waals surface area contributed by atoms with E-state index in [1.807, 2.05) is 6.92 Å². The van der Waals surface area contributed by atoms with Crippen LogP contribution in [0.1, 0.15) is 32.3 Å². The van der Waals surface area contributed by atoms with Crippen LogP contribution in [0.25, 0.3) is 0 Å². The number of ether oxygens (including phenoxy) is 1. The molecule has 170 valence electrons. The fourth-order valence-electron chi connectivity index (χ4n) is 2.49. The van der Waals surface area contributed by atoms with Gasteiger partial charge < -0.3 is 26.0 Å². The topological polar surface area (TPSA) is 126 Å². The number of nitrogens with one attached hydrogen (secondary N) is 4. The van der Waals surface area contributed by atoms with Crippen LogP contribution in [0.3, 0.4) is 0 Å². The first-order valence-electron chi connectivity index (χ1n) is 10.2. The Morgan fingerprint density at radius 2 is 1.65 bits per heavy atom. The smallest absolute Gasteiger partial charge is 0.233 e. The van der Waals surface area contributed by atoms with Gasteiger partial charge in [-0.15, -0.1) is 0 Å². The molecule has 3 amide bonds. The molecule has 0 unspecified atom stereocenters. The molecule has 9 nitrogen and oxygen atoms in total. The fourth-order valence-corrected chi connectivity index (χ4v) is 2.49. The average molecular weight is 433 g/mol. The van der Waals surface area contributed by atoms with E-state index in [-0.39, 0.29) is 24.5 Å². The molecule has 0 radical (unpaired) electrons. The summed E-state index contributed by atoms with van der Waals surface area (Å²) >= 11 is 0. The summed E-state index contributed by atoms with van der Waals surface area (Å²) in [5.74, 6) is -0.917. The standard InChI is InChI=1S/C22H32N4O5/c1-16(23-3)13-20(28)14-18-5-7-19(8-6-18)26-22(30)15-21(29)25-10-12-31-11-4-9-24-17(2)27/h5-8,13,23H,4,9-12,14-15H2,1-3H3,(H,24,27)(H,25,29)(H,26,30)/b16-13-. The predicted octanol–water partition coefficient (Wildman–Crippen LogP) is 0.909. The lowest BCUT2D eigenvalue weighted by molar-refractivity contribution is -0.127. The third-order valence-electron chi connectivity index (χ3n) is 4.12. The Morgan fingerprint density at radius 3 is 2.29 bits per heavy atom. The minimum atomic E-state index is -0.426. The Bertz CT molecular complexity index is 775. The van der Waals surface area contributed by atoms with E-state index in [4.69, 9.17) is 4.74 Å². The van der Waals surface area contributed by atoms with Gasteiger partial charge in [-0.25, -0.2) is 0 Å². The van der Waals surface area contributed by atoms with Crippen LogP contribution in [0.5, 0.6) is 0 Å². The van der Waals surface area contributed by atoms with Crippen LogP contribution in [0.15, 0.2) is 36.0 Å². The zero-order chi connectivity index (χ0) is 23.1. The maximum Gasteiger partial charge on any atom is 0.233 e. The summed E-state index contributed by atoms with van der Waals surface area (Å²) in [6.45, 7) is 4.93. The van der Waals surface area contributed by atoms with E-state index in [0.29, 0.717) is 38.4 Å². The van der Waals surface area contributed by atoms with Crippen LogP contribution >= 0.6 is 0 Å². The summed E-state index contributed by atoms with van der Waals surface area (Å²) in [4.78, 5) is 46.4. The third-order valence-corrected chi connectivity index (χ3v) is 4.12. The highest BCUT2D eigenvalue weighted by atomic mass is 16.5. The lowest BCUT2D eigenvalue weighted by atomic mass is 10.1. The van der Waals surface area contributed by atoms with Gasteiger partial charge in [-0.1, -0.05) is 12.1 Å². The van der Waals surface area contributed by atoms with Crippen molar-refractivity contribution in [2.45, 2.75) is 33.1 Å². The molecule has 0 bridgehead atoms. The van der Waals surface area contributed by atoms with Crippen molar-refractivity contribution < 1.29 is 23.9 Å². The van der Waals surface area contributed by atoms with Crippen molar-refractivity contribution >= 4 is 29.2 Å². The molecule has 0 aliphatic heterocycles. The van der Waals surface area contributed by atoms with Gasteiger partial charge in [0, 0.05) is 57.5 Å². The van der Waals surface area contributed by atoms with Crippen LogP contribution in [0.2, 0.25) is 0 Å². The van der Waals surface area contributed by atoms with Gasteiger partial charge in [0.1, 0.15) is 6.42 Å². The Hall–Kier alpha value is -3.20. The van der Waals surface area contributed by atoms with Crippen molar-refractivity contribution in [1.82, 2.24) is 16.0 Å². The van der Waals surface area contributed by atoms with Gasteiger partial charge in [0.25, 0.3) is 0 Å². The van der Waals surface area contributed by atoms with E-state index in [1.54, 1.807) is 37.4 Å². The summed E-state index contributed by atoms with van der Waals surface area (Å²) in [6.07, 6.45) is 2.21. The number of rotatable bonds is 14. The number of hydrogen-bond acceptors (Lipinski definition) is 6. The SMILES string of the molecule is CN/C(C)=C\C(=O)Cc1ccc(NC(=O)CC(=O)NCCOCCCNC(C)=O)cc1. The number of benzene rings is 1. The molecule has 1 aromatic rings. The predicted molar refractivity (Wildman–Crippen MR) is 118 cm³/mol. The number of allylic oxidation sites excluding steroid dienone is 2. The minimum Gasteiger partial charge on any atom is -0.392 e. The zero-order valence-electron chi connectivity index (χ0n) is 18.4. The normalized spacial score (nSPS) is 10.9. The molecule has 0 heterocycles. The van der Waals surface area contributed by atoms with Gasteiger partial charge in [-0.05, 0) is 31.0 Å². The van der Waals surface area contributed by atoms with Crippen LogP contribution in [-0.4, -0.2) is 56.9 Å². The first-order chi connectivity index (χ1) is 14.8. The first kappa shape index (κ1) is 25.8. The van der Waals surface area contributed by atoms with Crippen LogP contribution < -0.4 is 21.3 Å². The molecule has 0 saturated heterocycles. The molecule has 4 N–H and O–H groups in total. The van der Waals surface area contributed by atoms with E-state index < -0.39 is 11.8 Å². The van der Waals surface area contributed by atoms with Gasteiger partial charge in [0.05, 0.1) is 6.61 Å². The number of ketones is 1. The second-order valence-corrected chi connectivity index (χ2v) is 6.94. The molecule has 0 atom stereocenters. The molecule has 0 aliphatic carbocycles. The Labute approximate surface area is 183 Å². The van der Waals surface area contributed by atoms with Crippen molar-refractivity contribution in [2.24, 2.45) is 0 Å². The first-order valence-corrected chi connectivity index (χ1v) is 10.2. The zero-order valence-corrected chi connectivity index (χ0v) is 18.4. The van der Waals surface area contributed by atoms with Crippen molar-refractivity contribution in [1.29, 1.82) is 0 Å². The Morgan fingerprint density at radius 1 is 0.935 bits per heavy atom. The minimum absolute atomic E-state index is 0.0167. The molecule has 1 rings (SSSR count). The van der Waals surface area contributed by atoms with Gasteiger partial charge in [0.15, 0.2) is 5.78 Å². The summed E-state index contributed by atoms with van der Waals surface area (Å²) in [5, 5.41) is 10.8. The van der Waals surface area contributed by atoms with E-state index in [2.05, 4.69) is 21.3 Å². The fraction of sp³-hybridized carbons (Fsp3) is 0.455. The number of amides is 3. The van der Waals surface area contributed by atoms with E-state index >= 15 is 0 Å². The Kier molecular flexibility index (Phi) is 12.3. The van der Waals surface area contributed by atoms with Gasteiger partial charge >= 0.3 is 0 Å². The maximum absolute atomic E-state index is 12.0. The van der Waals surface area contributed by atoms with Crippen molar-refractivity contribution in [3.8, 4) is 0 Å². The monoisotopic (exact) mass is 432 g/mol. The van der Waals surface area contributed by atoms with E-state index in [9.17, 15) is 19.2 Å². The van der Waals surface area contributed by atoms with Crippen molar-refractivity contribution in [3.05, 3.63) is 41.6 Å². The number of anilines is 1. The molecular formula is C22H32N4O5. The number of carbonyl (C=O) groups excluding carboxylic acids is 4. The van der Waals surface area contributed by atoms with Crippen LogP contribution in [-0.2, 0) is 30.3 Å². The summed E-state index contributed by atoms with van der Waals surface area (Å²) < 4.78 is 5.33. The highest BCUT2D eigenvalue weighted by molar-refractivity contribution is 6.03. The molecule has 0 fully saturated rings. The van der Waals surface area contributed by atoms with Crippen LogP contribution in [0, 0.1) is 0 Å². The third kappa shape index (κ3) is 12.9. The van der Waals surface area contributed by atoms with E-state index in [0.717, 1.165) is 11.3 Å². The molecule has 9 heteroatoms. The highest BCUT2D eigenvalue weighted by Crippen LogP contribution is 2.11. The quantitative estimate of drug-likeness (QED) is 0.197. The van der Waals surface area contributed by atoms with Crippen molar-refractivity contribution in [3.63, 3.8) is 0 Å². The molecule has 31 heavy (non-hydrogen) atoms. The molecule has 0 saturated carbocycles. The lowest BCUT2D eigenvalue weighted by Crippen LogP contribution is -2.31. The largest absolute Gasteiger partial charge is 0.392 e. The van der Waals surface area contributed by atoms with Crippen molar-refractivity contribution in [2.75, 3.05) is 38.7 Å².